The Bertz CT molecular complexity index is 681. The second-order valence-corrected chi connectivity index (χ2v) is 10.8. The van der Waals surface area contributed by atoms with Crippen molar-refractivity contribution in [2.75, 3.05) is 19.6 Å². The van der Waals surface area contributed by atoms with Gasteiger partial charge in [-0.3, -0.25) is 9.69 Å². The van der Waals surface area contributed by atoms with E-state index in [2.05, 4.69) is 41.4 Å². The molecule has 4 aliphatic carbocycles. The summed E-state index contributed by atoms with van der Waals surface area (Å²) in [4.78, 5) is 16.1. The van der Waals surface area contributed by atoms with E-state index in [1.807, 2.05) is 0 Å². The lowest BCUT2D eigenvalue weighted by atomic mass is 9.49. The molecule has 1 aliphatic heterocycles. The van der Waals surface area contributed by atoms with Gasteiger partial charge in [0.25, 0.3) is 0 Å². The molecule has 1 unspecified atom stereocenters. The van der Waals surface area contributed by atoms with Gasteiger partial charge in [-0.25, -0.2) is 0 Å². The molecular weight excluding hydrogens is 356 g/mol. The number of nitrogens with zero attached hydrogens (tertiary/aromatic N) is 1. The first-order valence-electron chi connectivity index (χ1n) is 12.2. The molecule has 1 N–H and O–H groups in total. The van der Waals surface area contributed by atoms with Gasteiger partial charge in [0.15, 0.2) is 0 Å². The summed E-state index contributed by atoms with van der Waals surface area (Å²) in [5, 5.41) is 3.49. The number of carbonyl (C=O) groups is 1. The molecule has 0 spiro atoms. The van der Waals surface area contributed by atoms with Crippen LogP contribution in [0.25, 0.3) is 0 Å². The lowest BCUT2D eigenvalue weighted by Gasteiger charge is -2.55. The molecule has 1 heterocycles. The Morgan fingerprint density at radius 1 is 0.966 bits per heavy atom. The number of hydrogen-bond acceptors (Lipinski definition) is 2. The van der Waals surface area contributed by atoms with E-state index in [9.17, 15) is 4.79 Å². The van der Waals surface area contributed by atoms with E-state index in [4.69, 9.17) is 0 Å². The fourth-order valence-electron chi connectivity index (χ4n) is 7.42. The highest BCUT2D eigenvalue weighted by Crippen LogP contribution is 2.60. The van der Waals surface area contributed by atoms with Gasteiger partial charge in [-0.2, -0.15) is 0 Å². The van der Waals surface area contributed by atoms with Gasteiger partial charge < -0.3 is 5.32 Å². The first-order valence-corrected chi connectivity index (χ1v) is 12.2. The highest BCUT2D eigenvalue weighted by molar-refractivity contribution is 5.83. The Morgan fingerprint density at radius 3 is 2.07 bits per heavy atom. The van der Waals surface area contributed by atoms with E-state index in [1.165, 1.54) is 56.1 Å². The van der Waals surface area contributed by atoms with Gasteiger partial charge in [-0.05, 0) is 94.7 Å². The highest BCUT2D eigenvalue weighted by atomic mass is 16.2. The summed E-state index contributed by atoms with van der Waals surface area (Å²) in [6.45, 7) is 5.24. The van der Waals surface area contributed by atoms with Crippen LogP contribution in [-0.4, -0.2) is 30.4 Å². The summed E-state index contributed by atoms with van der Waals surface area (Å²) < 4.78 is 0. The maximum Gasteiger partial charge on any atom is 0.226 e. The van der Waals surface area contributed by atoms with Crippen LogP contribution < -0.4 is 5.32 Å². The van der Waals surface area contributed by atoms with Crippen molar-refractivity contribution in [2.24, 2.45) is 23.2 Å². The van der Waals surface area contributed by atoms with Gasteiger partial charge in [-0.1, -0.05) is 42.7 Å². The molecule has 5 aliphatic rings. The molecule has 3 heteroatoms. The molecule has 1 aromatic carbocycles. The van der Waals surface area contributed by atoms with Crippen molar-refractivity contribution in [3.8, 4) is 0 Å². The van der Waals surface area contributed by atoms with Crippen LogP contribution in [-0.2, 0) is 4.79 Å². The Balaban J connectivity index is 1.31. The van der Waals surface area contributed by atoms with Crippen molar-refractivity contribution in [3.05, 3.63) is 35.4 Å². The number of amides is 1. The molecule has 4 saturated carbocycles. The standard InChI is InChI=1S/C26H38N2O/c1-19-6-8-23(9-7-19)24(28-10-4-2-3-5-11-28)18-27-25(29)26-15-20-12-21(16-26)14-22(13-20)17-26/h6-9,20-22,24H,2-5,10-18H2,1H3,(H,27,29). The van der Waals surface area contributed by atoms with E-state index in [-0.39, 0.29) is 5.41 Å². The molecule has 1 atom stereocenters. The van der Waals surface area contributed by atoms with Gasteiger partial charge >= 0.3 is 0 Å². The molecule has 3 nitrogen and oxygen atoms in total. The Morgan fingerprint density at radius 2 is 1.52 bits per heavy atom. The second kappa shape index (κ2) is 8.06. The largest absolute Gasteiger partial charge is 0.354 e. The van der Waals surface area contributed by atoms with Crippen LogP contribution in [0.4, 0.5) is 0 Å². The molecule has 6 rings (SSSR count). The summed E-state index contributed by atoms with van der Waals surface area (Å²) in [7, 11) is 0. The van der Waals surface area contributed by atoms with E-state index < -0.39 is 0 Å². The van der Waals surface area contributed by atoms with Crippen molar-refractivity contribution in [1.82, 2.24) is 10.2 Å². The van der Waals surface area contributed by atoms with Crippen molar-refractivity contribution in [3.63, 3.8) is 0 Å². The average molecular weight is 395 g/mol. The number of nitrogens with one attached hydrogen (secondary N) is 1. The number of rotatable bonds is 5. The molecule has 0 radical (unpaired) electrons. The summed E-state index contributed by atoms with van der Waals surface area (Å²) in [5.41, 5.74) is 2.63. The van der Waals surface area contributed by atoms with Gasteiger partial charge in [-0.15, -0.1) is 0 Å². The maximum atomic E-state index is 13.5. The van der Waals surface area contributed by atoms with Crippen LogP contribution >= 0.6 is 0 Å². The summed E-state index contributed by atoms with van der Waals surface area (Å²) in [5.74, 6) is 2.85. The van der Waals surface area contributed by atoms with Crippen LogP contribution in [0.1, 0.15) is 81.4 Å². The Hall–Kier alpha value is -1.35. The molecule has 1 amide bonds. The minimum Gasteiger partial charge on any atom is -0.354 e. The normalized spacial score (nSPS) is 35.3. The number of benzene rings is 1. The van der Waals surface area contributed by atoms with Crippen LogP contribution in [0.5, 0.6) is 0 Å². The van der Waals surface area contributed by atoms with E-state index in [0.29, 0.717) is 11.9 Å². The van der Waals surface area contributed by atoms with Crippen LogP contribution in [0.3, 0.4) is 0 Å². The fraction of sp³-hybridized carbons (Fsp3) is 0.731. The molecule has 1 saturated heterocycles. The second-order valence-electron chi connectivity index (χ2n) is 10.8. The van der Waals surface area contributed by atoms with Crippen molar-refractivity contribution >= 4 is 5.91 Å². The van der Waals surface area contributed by atoms with Gasteiger partial charge in [0.2, 0.25) is 5.91 Å². The fourth-order valence-corrected chi connectivity index (χ4v) is 7.42. The summed E-state index contributed by atoms with van der Waals surface area (Å²) in [6, 6.07) is 9.32. The minimum atomic E-state index is -0.0363. The highest BCUT2D eigenvalue weighted by Gasteiger charge is 2.54. The first kappa shape index (κ1) is 19.6. The molecule has 158 valence electrons. The third-order valence-electron chi connectivity index (χ3n) is 8.52. The molecular formula is C26H38N2O. The molecule has 0 aromatic heterocycles. The van der Waals surface area contributed by atoms with Crippen LogP contribution in [0.2, 0.25) is 0 Å². The van der Waals surface area contributed by atoms with Crippen LogP contribution in [0.15, 0.2) is 24.3 Å². The van der Waals surface area contributed by atoms with Crippen molar-refractivity contribution < 1.29 is 4.79 Å². The SMILES string of the molecule is Cc1ccc(C(CNC(=O)C23CC4CC(CC(C4)C2)C3)N2CCCCCC2)cc1. The maximum absolute atomic E-state index is 13.5. The zero-order valence-corrected chi connectivity index (χ0v) is 18.2. The molecule has 1 aromatic rings. The Labute approximate surface area is 176 Å². The first-order chi connectivity index (χ1) is 14.1. The predicted molar refractivity (Wildman–Crippen MR) is 118 cm³/mol. The lowest BCUT2D eigenvalue weighted by molar-refractivity contribution is -0.146. The average Bonchev–Trinajstić information content (AvgIpc) is 2.98. The Kier molecular flexibility index (Phi) is 5.45. The van der Waals surface area contributed by atoms with Gasteiger partial charge in [0, 0.05) is 12.0 Å². The van der Waals surface area contributed by atoms with Gasteiger partial charge in [0.05, 0.1) is 6.04 Å². The molecule has 4 bridgehead atoms. The lowest BCUT2D eigenvalue weighted by Crippen LogP contribution is -2.54. The monoisotopic (exact) mass is 394 g/mol. The van der Waals surface area contributed by atoms with Crippen molar-refractivity contribution in [1.29, 1.82) is 0 Å². The third-order valence-corrected chi connectivity index (χ3v) is 8.52. The predicted octanol–water partition coefficient (Wildman–Crippen LogP) is 5.24. The quantitative estimate of drug-likeness (QED) is 0.740. The smallest absolute Gasteiger partial charge is 0.226 e. The molecule has 29 heavy (non-hydrogen) atoms. The van der Waals surface area contributed by atoms with Crippen molar-refractivity contribution in [2.45, 2.75) is 77.2 Å². The van der Waals surface area contributed by atoms with E-state index in [1.54, 1.807) is 0 Å². The van der Waals surface area contributed by atoms with Crippen LogP contribution in [0, 0.1) is 30.1 Å². The number of carbonyl (C=O) groups excluding carboxylic acids is 1. The third kappa shape index (κ3) is 4.00. The molecule has 5 fully saturated rings. The number of likely N-dealkylation sites (tertiary alicyclic amines) is 1. The summed E-state index contributed by atoms with van der Waals surface area (Å²) in [6.07, 6.45) is 12.9. The number of hydrogen-bond donors (Lipinski definition) is 1. The van der Waals surface area contributed by atoms with E-state index in [0.717, 1.165) is 56.7 Å². The minimum absolute atomic E-state index is 0.0363. The van der Waals surface area contributed by atoms with E-state index >= 15 is 0 Å². The van der Waals surface area contributed by atoms with Gasteiger partial charge in [0.1, 0.15) is 0 Å². The summed E-state index contributed by atoms with van der Waals surface area (Å²) >= 11 is 0. The number of aryl methyl sites for hydroxylation is 1. The topological polar surface area (TPSA) is 32.3 Å². The zero-order valence-electron chi connectivity index (χ0n) is 18.2. The zero-order chi connectivity index (χ0) is 19.8.